The molecule has 6 heteroatoms. The van der Waals surface area contributed by atoms with Crippen LogP contribution in [0.3, 0.4) is 0 Å². The van der Waals surface area contributed by atoms with Gasteiger partial charge in [-0.3, -0.25) is 0 Å². The molecule has 2 nitrogen and oxygen atoms in total. The third kappa shape index (κ3) is 13.9. The minimum absolute atomic E-state index is 0.267. The van der Waals surface area contributed by atoms with Crippen LogP contribution in [-0.2, 0) is 12.8 Å². The zero-order valence-electron chi connectivity index (χ0n) is 76.8. The summed E-state index contributed by atoms with van der Waals surface area (Å²) in [7, 11) is 0. The molecule has 1 atom stereocenters. The first-order valence-electron chi connectivity index (χ1n) is 48.6. The molecule has 6 aromatic heterocycles. The number of aromatic nitrogens is 2. The molecule has 0 radical (unpaired) electrons. The number of rotatable bonds is 12. The van der Waals surface area contributed by atoms with Crippen molar-refractivity contribution in [1.29, 1.82) is 0 Å². The highest BCUT2D eigenvalue weighted by Crippen LogP contribution is 2.59. The van der Waals surface area contributed by atoms with Crippen LogP contribution in [0, 0.1) is 0 Å². The molecule has 30 rings (SSSR count). The lowest BCUT2D eigenvalue weighted by molar-refractivity contribution is 1.06. The van der Waals surface area contributed by atoms with E-state index in [-0.39, 0.29) is 5.92 Å². The predicted molar refractivity (Wildman–Crippen MR) is 607 cm³/mol. The number of fused-ring (bicyclic) bond motifs is 23. The minimum atomic E-state index is 0.267. The Balaban J connectivity index is 0.000000104. The van der Waals surface area contributed by atoms with E-state index in [4.69, 9.17) is 0 Å². The second-order valence-corrected chi connectivity index (χ2v) is 41.5. The number of hydrogen-bond acceptors (Lipinski definition) is 4. The fraction of sp³-hybridized carbons (Fsp3) is 0.0222. The molecule has 27 aromatic rings. The monoisotopic (exact) mass is 1860 g/mol. The van der Waals surface area contributed by atoms with Crippen molar-refractivity contribution >= 4 is 159 Å². The van der Waals surface area contributed by atoms with Crippen molar-refractivity contribution in [2.75, 3.05) is 0 Å². The Morgan fingerprint density at radius 3 is 1.14 bits per heavy atom. The van der Waals surface area contributed by atoms with Crippen molar-refractivity contribution in [3.63, 3.8) is 0 Å². The summed E-state index contributed by atoms with van der Waals surface area (Å²) in [6.45, 7) is 0. The zero-order valence-corrected chi connectivity index (χ0v) is 80.1. The molecule has 1 unspecified atom stereocenters. The van der Waals surface area contributed by atoms with Crippen molar-refractivity contribution in [2.45, 2.75) is 18.8 Å². The lowest BCUT2D eigenvalue weighted by Crippen LogP contribution is -2.03. The predicted octanol–water partition coefficient (Wildman–Crippen LogP) is 38.6. The normalized spacial score (nSPS) is 13.0. The Morgan fingerprint density at radius 2 is 0.567 bits per heavy atom. The Bertz CT molecular complexity index is 9680. The lowest BCUT2D eigenvalue weighted by Gasteiger charge is -2.21. The first kappa shape index (κ1) is 82.6. The van der Waals surface area contributed by atoms with Gasteiger partial charge in [-0.25, -0.2) is 0 Å². The third-order valence-corrected chi connectivity index (χ3v) is 34.4. The summed E-state index contributed by atoms with van der Waals surface area (Å²) in [6.07, 6.45) is 1.98. The molecule has 0 saturated carbocycles. The first-order chi connectivity index (χ1) is 69.9. The van der Waals surface area contributed by atoms with E-state index in [2.05, 4.69) is 501 Å². The van der Waals surface area contributed by atoms with Gasteiger partial charge in [0.2, 0.25) is 0 Å². The fourth-order valence-electron chi connectivity index (χ4n) is 23.1. The number of hydrogen-bond donors (Lipinski definition) is 0. The maximum absolute atomic E-state index is 2.45. The molecule has 0 aliphatic heterocycles. The number of nitrogens with zero attached hydrogens (tertiary/aromatic N) is 2. The van der Waals surface area contributed by atoms with Crippen molar-refractivity contribution in [3.05, 3.63) is 530 Å². The van der Waals surface area contributed by atoms with Crippen LogP contribution < -0.4 is 0 Å². The van der Waals surface area contributed by atoms with E-state index in [0.717, 1.165) is 12.8 Å². The van der Waals surface area contributed by atoms with E-state index in [1.165, 1.54) is 275 Å². The van der Waals surface area contributed by atoms with E-state index in [1.807, 2.05) is 45.3 Å². The molecule has 0 fully saturated rings. The molecular weight excluding hydrogens is 1780 g/mol. The highest BCUT2D eigenvalue weighted by atomic mass is 32.1. The van der Waals surface area contributed by atoms with Gasteiger partial charge in [0.05, 0.1) is 31.5 Å². The molecule has 0 amide bonds. The summed E-state index contributed by atoms with van der Waals surface area (Å²) in [6, 6.07) is 181. The van der Waals surface area contributed by atoms with Gasteiger partial charge in [0.1, 0.15) is 0 Å². The highest BCUT2D eigenvalue weighted by Gasteiger charge is 2.39. The summed E-state index contributed by atoms with van der Waals surface area (Å²) in [4.78, 5) is 0. The van der Waals surface area contributed by atoms with Gasteiger partial charge in [0.15, 0.2) is 0 Å². The van der Waals surface area contributed by atoms with Gasteiger partial charge in [-0.05, 0) is 235 Å². The van der Waals surface area contributed by atoms with Gasteiger partial charge in [-0.1, -0.05) is 431 Å². The second-order valence-electron chi connectivity index (χ2n) is 37.3. The zero-order chi connectivity index (χ0) is 92.7. The molecule has 660 valence electrons. The summed E-state index contributed by atoms with van der Waals surface area (Å²) in [5.41, 5.74) is 46.1. The molecule has 0 saturated heterocycles. The number of allylic oxidation sites excluding steroid dienone is 2. The SMILES string of the molecule is c1ccc(-c2ccc3c(c2)Cc2cc(-c4ccc(-c5cccc6c5C5=C(C6)c6ccccc6C5c5ccccc5)cc4)ccc2-3)cc1.c1ccc(-c2cccc3c2sc2c(-c4ccc(-c5cccc6sc7c8ccccc8n(-c8ccccc8)c7c56)cc4)cccc23)cc1.c1ccc(-c2cccc3c2sc2cccc(-c4ccc(-c5ccc6sc7c8ccccc8n(-c8ccccc8)c7c6c5)cc4)c23)cc1. The standard InChI is InChI=1S/C47H32.2C44H27NS2/c1-3-10-30(11-4-1)34-22-24-39-37(26-34)28-38-27-35(23-25-40(38)39)31-18-20-32(21-19-31)41-17-9-14-36-29-44-42-15-7-8-16-43(42)45(47(44)46(36)41)33-12-5-2-6-13-33;1-3-12-28(13-4-1)33-18-9-20-35-36-21-10-19-34(43(36)47-42(33)35)30-26-24-29(25-27-30)32-17-11-23-39-40(32)41-44(46-39)37-16-7-8-22-38(37)45(41)31-14-5-2-6-15-31;1-3-11-29(12-4-1)34-17-9-18-36-41-33(16-10-20-40(41)47-43(34)36)30-23-21-28(22-24-30)31-25-26-39-37(27-31)42-44(46-39)35-15-7-8-19-38(35)45(42)32-13-5-2-6-14-32/h1-27,45H,28-29H2;2*1-27H. The Hall–Kier alpha value is -16.7. The Kier molecular flexibility index (Phi) is 20.0. The van der Waals surface area contributed by atoms with E-state index >= 15 is 0 Å². The molecule has 3 aliphatic carbocycles. The van der Waals surface area contributed by atoms with E-state index < -0.39 is 0 Å². The molecule has 6 heterocycles. The van der Waals surface area contributed by atoms with Crippen molar-refractivity contribution in [1.82, 2.24) is 9.13 Å². The summed E-state index contributed by atoms with van der Waals surface area (Å²) >= 11 is 7.60. The van der Waals surface area contributed by atoms with Crippen LogP contribution >= 0.6 is 45.3 Å². The maximum Gasteiger partial charge on any atom is 0.0734 e. The molecular formula is C135H86N2S4. The fourth-order valence-corrected chi connectivity index (χ4v) is 28.2. The molecule has 0 spiro atoms. The van der Waals surface area contributed by atoms with E-state index in [1.54, 1.807) is 0 Å². The Labute approximate surface area is 833 Å². The van der Waals surface area contributed by atoms with Crippen molar-refractivity contribution < 1.29 is 0 Å². The number of benzene rings is 21. The largest absolute Gasteiger partial charge is 0.308 e. The average molecular weight is 1860 g/mol. The Morgan fingerprint density at radius 1 is 0.199 bits per heavy atom. The molecule has 141 heavy (non-hydrogen) atoms. The van der Waals surface area contributed by atoms with Crippen molar-refractivity contribution in [2.24, 2.45) is 0 Å². The van der Waals surface area contributed by atoms with Crippen LogP contribution in [0.4, 0.5) is 0 Å². The summed E-state index contributed by atoms with van der Waals surface area (Å²) < 4.78 is 15.6. The van der Waals surface area contributed by atoms with Crippen LogP contribution in [-0.4, -0.2) is 9.13 Å². The van der Waals surface area contributed by atoms with Crippen LogP contribution in [0.5, 0.6) is 0 Å². The topological polar surface area (TPSA) is 9.86 Å². The van der Waals surface area contributed by atoms with Gasteiger partial charge in [-0.15, -0.1) is 45.3 Å². The summed E-state index contributed by atoms with van der Waals surface area (Å²) in [5.74, 6) is 0.267. The number of thiophene rings is 4. The van der Waals surface area contributed by atoms with Gasteiger partial charge in [0.25, 0.3) is 0 Å². The van der Waals surface area contributed by atoms with Gasteiger partial charge in [0, 0.05) is 88.6 Å². The third-order valence-electron chi connectivity index (χ3n) is 29.5. The van der Waals surface area contributed by atoms with E-state index in [9.17, 15) is 0 Å². The van der Waals surface area contributed by atoms with Crippen LogP contribution in [0.1, 0.15) is 44.9 Å². The smallest absolute Gasteiger partial charge is 0.0734 e. The average Bonchev–Trinajstić information content (AvgIpc) is 1.56. The number of para-hydroxylation sites is 4. The molecule has 21 aromatic carbocycles. The lowest BCUT2D eigenvalue weighted by atomic mass is 9.82. The molecule has 0 bridgehead atoms. The van der Waals surface area contributed by atoms with Crippen molar-refractivity contribution in [3.8, 4) is 123 Å². The second kappa shape index (κ2) is 34.2. The van der Waals surface area contributed by atoms with Crippen LogP contribution in [0.2, 0.25) is 0 Å². The van der Waals surface area contributed by atoms with E-state index in [0.29, 0.717) is 0 Å². The van der Waals surface area contributed by atoms with Gasteiger partial charge in [-0.2, -0.15) is 0 Å². The summed E-state index contributed by atoms with van der Waals surface area (Å²) in [5, 5.41) is 10.6. The molecule has 3 aliphatic rings. The molecule has 0 N–H and O–H groups in total. The highest BCUT2D eigenvalue weighted by molar-refractivity contribution is 7.28. The first-order valence-corrected chi connectivity index (χ1v) is 51.9. The van der Waals surface area contributed by atoms with Crippen LogP contribution in [0.25, 0.3) is 237 Å². The maximum atomic E-state index is 2.45. The minimum Gasteiger partial charge on any atom is -0.308 e. The quantitative estimate of drug-likeness (QED) is 0.115. The van der Waals surface area contributed by atoms with Gasteiger partial charge < -0.3 is 9.13 Å². The van der Waals surface area contributed by atoms with Gasteiger partial charge >= 0.3 is 0 Å². The van der Waals surface area contributed by atoms with Crippen LogP contribution in [0.15, 0.2) is 491 Å².